The van der Waals surface area contributed by atoms with Crippen LogP contribution in [-0.4, -0.2) is 23.9 Å². The lowest BCUT2D eigenvalue weighted by atomic mass is 9.94. The molecule has 2 atom stereocenters. The number of nitrogens with zero attached hydrogens (tertiary/aromatic N) is 1. The Labute approximate surface area is 156 Å². The third-order valence-corrected chi connectivity index (χ3v) is 5.30. The average molecular weight is 351 g/mol. The standard InChI is InChI=1S/C22H29N3O/c1-17(21(23)18-9-3-2-4-10-18)22(26)24-15-19-11-5-6-12-20(19)16-25-13-7-8-14-25/h2-6,9-12,17,21H,7-8,13-16,23H2,1H3,(H,24,26). The summed E-state index contributed by atoms with van der Waals surface area (Å²) in [5, 5.41) is 3.08. The summed E-state index contributed by atoms with van der Waals surface area (Å²) >= 11 is 0. The lowest BCUT2D eigenvalue weighted by molar-refractivity contribution is -0.125. The van der Waals surface area contributed by atoms with Crippen LogP contribution in [0.3, 0.4) is 0 Å². The molecular formula is C22H29N3O. The van der Waals surface area contributed by atoms with E-state index >= 15 is 0 Å². The molecule has 1 aliphatic heterocycles. The molecule has 0 radical (unpaired) electrons. The minimum atomic E-state index is -0.295. The second-order valence-electron chi connectivity index (χ2n) is 7.19. The van der Waals surface area contributed by atoms with E-state index in [1.165, 1.54) is 37.1 Å². The van der Waals surface area contributed by atoms with Crippen molar-refractivity contribution in [2.45, 2.75) is 38.9 Å². The van der Waals surface area contributed by atoms with Crippen LogP contribution in [0.15, 0.2) is 54.6 Å². The van der Waals surface area contributed by atoms with Crippen LogP contribution in [0.5, 0.6) is 0 Å². The Kier molecular flexibility index (Phi) is 6.42. The number of likely N-dealkylation sites (tertiary alicyclic amines) is 1. The quantitative estimate of drug-likeness (QED) is 0.805. The number of nitrogens with two attached hydrogens (primary N) is 1. The third kappa shape index (κ3) is 4.71. The molecule has 26 heavy (non-hydrogen) atoms. The zero-order valence-corrected chi connectivity index (χ0v) is 15.5. The van der Waals surface area contributed by atoms with Crippen LogP contribution in [0.2, 0.25) is 0 Å². The van der Waals surface area contributed by atoms with E-state index in [1.807, 2.05) is 43.3 Å². The van der Waals surface area contributed by atoms with Gasteiger partial charge in [-0.1, -0.05) is 61.5 Å². The number of amides is 1. The molecule has 2 aromatic rings. The topological polar surface area (TPSA) is 58.4 Å². The number of benzene rings is 2. The van der Waals surface area contributed by atoms with Crippen molar-refractivity contribution in [3.63, 3.8) is 0 Å². The van der Waals surface area contributed by atoms with Crippen molar-refractivity contribution >= 4 is 5.91 Å². The fourth-order valence-electron chi connectivity index (χ4n) is 3.54. The molecule has 2 aromatic carbocycles. The van der Waals surface area contributed by atoms with Gasteiger partial charge in [-0.2, -0.15) is 0 Å². The predicted molar refractivity (Wildman–Crippen MR) is 105 cm³/mol. The first-order valence-electron chi connectivity index (χ1n) is 9.52. The van der Waals surface area contributed by atoms with Gasteiger partial charge in [0.05, 0.1) is 5.92 Å². The van der Waals surface area contributed by atoms with Crippen molar-refractivity contribution in [2.75, 3.05) is 13.1 Å². The maximum absolute atomic E-state index is 12.6. The van der Waals surface area contributed by atoms with Gasteiger partial charge in [-0.15, -0.1) is 0 Å². The summed E-state index contributed by atoms with van der Waals surface area (Å²) in [5.41, 5.74) is 9.76. The molecule has 4 heteroatoms. The molecular weight excluding hydrogens is 322 g/mol. The lowest BCUT2D eigenvalue weighted by Gasteiger charge is -2.21. The Balaban J connectivity index is 1.59. The lowest BCUT2D eigenvalue weighted by Crippen LogP contribution is -2.35. The summed E-state index contributed by atoms with van der Waals surface area (Å²) in [6.07, 6.45) is 2.57. The second kappa shape index (κ2) is 8.97. The van der Waals surface area contributed by atoms with Gasteiger partial charge in [-0.3, -0.25) is 9.69 Å². The van der Waals surface area contributed by atoms with Crippen LogP contribution >= 0.6 is 0 Å². The number of nitrogens with one attached hydrogen (secondary N) is 1. The molecule has 138 valence electrons. The van der Waals surface area contributed by atoms with E-state index in [1.54, 1.807) is 0 Å². The maximum Gasteiger partial charge on any atom is 0.225 e. The van der Waals surface area contributed by atoms with Gasteiger partial charge in [-0.05, 0) is 42.6 Å². The molecule has 1 amide bonds. The molecule has 0 aliphatic carbocycles. The Morgan fingerprint density at radius 3 is 2.35 bits per heavy atom. The van der Waals surface area contributed by atoms with Crippen LogP contribution in [0.1, 0.15) is 42.5 Å². The largest absolute Gasteiger partial charge is 0.352 e. The highest BCUT2D eigenvalue weighted by Crippen LogP contribution is 2.20. The first-order valence-corrected chi connectivity index (χ1v) is 9.52. The number of carbonyl (C=O) groups is 1. The molecule has 1 fully saturated rings. The Bertz CT molecular complexity index is 710. The van der Waals surface area contributed by atoms with E-state index in [9.17, 15) is 4.79 Å². The van der Waals surface area contributed by atoms with Crippen molar-refractivity contribution in [1.82, 2.24) is 10.2 Å². The zero-order valence-electron chi connectivity index (χ0n) is 15.5. The van der Waals surface area contributed by atoms with Crippen molar-refractivity contribution in [3.05, 3.63) is 71.3 Å². The first-order chi connectivity index (χ1) is 12.6. The Hall–Kier alpha value is -2.17. The number of hydrogen-bond donors (Lipinski definition) is 2. The van der Waals surface area contributed by atoms with Gasteiger partial charge in [0.15, 0.2) is 0 Å². The van der Waals surface area contributed by atoms with Gasteiger partial charge in [0.25, 0.3) is 0 Å². The van der Waals surface area contributed by atoms with Crippen molar-refractivity contribution < 1.29 is 4.79 Å². The first kappa shape index (κ1) is 18.6. The van der Waals surface area contributed by atoms with Gasteiger partial charge < -0.3 is 11.1 Å². The van der Waals surface area contributed by atoms with Crippen LogP contribution in [0.4, 0.5) is 0 Å². The molecule has 3 N–H and O–H groups in total. The van der Waals surface area contributed by atoms with E-state index in [2.05, 4.69) is 28.4 Å². The summed E-state index contributed by atoms with van der Waals surface area (Å²) in [5.74, 6) is -0.277. The predicted octanol–water partition coefficient (Wildman–Crippen LogP) is 3.23. The molecule has 1 heterocycles. The monoisotopic (exact) mass is 351 g/mol. The Morgan fingerprint density at radius 1 is 1.04 bits per heavy atom. The van der Waals surface area contributed by atoms with Crippen LogP contribution in [0, 0.1) is 5.92 Å². The van der Waals surface area contributed by atoms with Crippen molar-refractivity contribution in [2.24, 2.45) is 11.7 Å². The van der Waals surface area contributed by atoms with E-state index in [4.69, 9.17) is 5.73 Å². The van der Waals surface area contributed by atoms with E-state index < -0.39 is 0 Å². The second-order valence-corrected chi connectivity index (χ2v) is 7.19. The molecule has 0 saturated carbocycles. The SMILES string of the molecule is CC(C(=O)NCc1ccccc1CN1CCCC1)C(N)c1ccccc1. The summed E-state index contributed by atoms with van der Waals surface area (Å²) in [4.78, 5) is 15.1. The number of hydrogen-bond acceptors (Lipinski definition) is 3. The minimum absolute atomic E-state index is 0.00247. The summed E-state index contributed by atoms with van der Waals surface area (Å²) in [7, 11) is 0. The Morgan fingerprint density at radius 2 is 1.65 bits per heavy atom. The fraction of sp³-hybridized carbons (Fsp3) is 0.409. The molecule has 1 saturated heterocycles. The summed E-state index contributed by atoms with van der Waals surface area (Å²) in [6.45, 7) is 5.75. The van der Waals surface area contributed by atoms with Gasteiger partial charge in [0, 0.05) is 19.1 Å². The van der Waals surface area contributed by atoms with Gasteiger partial charge in [-0.25, -0.2) is 0 Å². The zero-order chi connectivity index (χ0) is 18.4. The fourth-order valence-corrected chi connectivity index (χ4v) is 3.54. The number of carbonyl (C=O) groups excluding carboxylic acids is 1. The van der Waals surface area contributed by atoms with Crippen LogP contribution in [0.25, 0.3) is 0 Å². The number of rotatable bonds is 7. The highest BCUT2D eigenvalue weighted by molar-refractivity contribution is 5.79. The molecule has 2 unspecified atom stereocenters. The smallest absolute Gasteiger partial charge is 0.225 e. The summed E-state index contributed by atoms with van der Waals surface area (Å²) < 4.78 is 0. The molecule has 0 spiro atoms. The molecule has 0 aromatic heterocycles. The van der Waals surface area contributed by atoms with E-state index in [0.29, 0.717) is 6.54 Å². The van der Waals surface area contributed by atoms with Crippen LogP contribution in [-0.2, 0) is 17.9 Å². The van der Waals surface area contributed by atoms with Gasteiger partial charge >= 0.3 is 0 Å². The van der Waals surface area contributed by atoms with E-state index in [0.717, 1.165) is 12.1 Å². The molecule has 4 nitrogen and oxygen atoms in total. The highest BCUT2D eigenvalue weighted by Gasteiger charge is 2.22. The minimum Gasteiger partial charge on any atom is -0.352 e. The average Bonchev–Trinajstić information content (AvgIpc) is 3.19. The van der Waals surface area contributed by atoms with E-state index in [-0.39, 0.29) is 17.9 Å². The third-order valence-electron chi connectivity index (χ3n) is 5.30. The van der Waals surface area contributed by atoms with Gasteiger partial charge in [0.2, 0.25) is 5.91 Å². The van der Waals surface area contributed by atoms with Crippen LogP contribution < -0.4 is 11.1 Å². The maximum atomic E-state index is 12.6. The molecule has 1 aliphatic rings. The normalized spacial score (nSPS) is 17.0. The molecule has 3 rings (SSSR count). The van der Waals surface area contributed by atoms with Crippen molar-refractivity contribution in [3.8, 4) is 0 Å². The van der Waals surface area contributed by atoms with Crippen molar-refractivity contribution in [1.29, 1.82) is 0 Å². The summed E-state index contributed by atoms with van der Waals surface area (Å²) in [6, 6.07) is 17.9. The highest BCUT2D eigenvalue weighted by atomic mass is 16.1. The molecule has 0 bridgehead atoms. The van der Waals surface area contributed by atoms with Gasteiger partial charge in [0.1, 0.15) is 0 Å².